The van der Waals surface area contributed by atoms with Gasteiger partial charge in [-0.1, -0.05) is 0 Å². The van der Waals surface area contributed by atoms with Gasteiger partial charge in [-0.15, -0.1) is 0 Å². The van der Waals surface area contributed by atoms with Crippen LogP contribution >= 0.6 is 0 Å². The summed E-state index contributed by atoms with van der Waals surface area (Å²) in [5, 5.41) is 8.49. The van der Waals surface area contributed by atoms with Crippen molar-refractivity contribution in [3.63, 3.8) is 0 Å². The van der Waals surface area contributed by atoms with Crippen molar-refractivity contribution in [1.82, 2.24) is 0 Å². The van der Waals surface area contributed by atoms with Gasteiger partial charge in [-0.05, 0) is 31.2 Å². The molecule has 7 heteroatoms. The average molecular weight is 248 g/mol. The Morgan fingerprint density at radius 2 is 1.88 bits per heavy atom. The molecule has 0 amide bonds. The summed E-state index contributed by atoms with van der Waals surface area (Å²) >= 11 is 0. The van der Waals surface area contributed by atoms with Gasteiger partial charge in [-0.25, -0.2) is 9.18 Å². The van der Waals surface area contributed by atoms with Gasteiger partial charge in [0.2, 0.25) is 0 Å². The maximum Gasteiger partial charge on any atom is 0.334 e. The Morgan fingerprint density at radius 3 is 2.31 bits per heavy atom. The fourth-order valence-corrected chi connectivity index (χ4v) is 1.93. The summed E-state index contributed by atoms with van der Waals surface area (Å²) in [7, 11) is -4.17. The maximum absolute atomic E-state index is 12.5. The van der Waals surface area contributed by atoms with Gasteiger partial charge in [-0.3, -0.25) is 4.18 Å². The fraction of sp³-hybridized carbons (Fsp3) is 0.222. The smallest absolute Gasteiger partial charge is 0.334 e. The largest absolute Gasteiger partial charge is 0.479 e. The second-order valence-electron chi connectivity index (χ2n) is 2.98. The molecule has 0 fully saturated rings. The number of carboxylic acid groups (broad SMARTS) is 1. The van der Waals surface area contributed by atoms with E-state index in [2.05, 4.69) is 4.18 Å². The van der Waals surface area contributed by atoms with E-state index in [0.717, 1.165) is 31.2 Å². The quantitative estimate of drug-likeness (QED) is 0.804. The summed E-state index contributed by atoms with van der Waals surface area (Å²) in [5.74, 6) is -1.99. The van der Waals surface area contributed by atoms with Crippen LogP contribution in [0, 0.1) is 5.82 Å². The van der Waals surface area contributed by atoms with Crippen molar-refractivity contribution >= 4 is 16.1 Å². The summed E-state index contributed by atoms with van der Waals surface area (Å²) in [6, 6.07) is 3.89. The third-order valence-corrected chi connectivity index (χ3v) is 3.11. The van der Waals surface area contributed by atoms with E-state index in [1.165, 1.54) is 0 Å². The van der Waals surface area contributed by atoms with Crippen LogP contribution in [0.4, 0.5) is 4.39 Å². The van der Waals surface area contributed by atoms with Crippen molar-refractivity contribution in [3.05, 3.63) is 30.1 Å². The number of hydrogen-bond acceptors (Lipinski definition) is 4. The van der Waals surface area contributed by atoms with Crippen LogP contribution in [0.5, 0.6) is 0 Å². The van der Waals surface area contributed by atoms with Crippen molar-refractivity contribution in [3.8, 4) is 0 Å². The molecule has 0 heterocycles. The Kier molecular flexibility index (Phi) is 3.61. The van der Waals surface area contributed by atoms with Gasteiger partial charge in [0.1, 0.15) is 5.82 Å². The van der Waals surface area contributed by atoms with E-state index in [-0.39, 0.29) is 4.90 Å². The Labute approximate surface area is 91.6 Å². The number of carbonyl (C=O) groups is 1. The summed E-state index contributed by atoms with van der Waals surface area (Å²) in [4.78, 5) is 10.1. The fourth-order valence-electron chi connectivity index (χ4n) is 0.888. The Hall–Kier alpha value is -1.47. The number of hydrogen-bond donors (Lipinski definition) is 1. The van der Waals surface area contributed by atoms with E-state index >= 15 is 0 Å². The molecule has 5 nitrogen and oxygen atoms in total. The van der Waals surface area contributed by atoms with E-state index in [9.17, 15) is 17.6 Å². The molecule has 16 heavy (non-hydrogen) atoms. The zero-order chi connectivity index (χ0) is 12.3. The van der Waals surface area contributed by atoms with Gasteiger partial charge >= 0.3 is 5.97 Å². The summed E-state index contributed by atoms with van der Waals surface area (Å²) in [5.41, 5.74) is 0. The van der Waals surface area contributed by atoms with E-state index in [1.807, 2.05) is 0 Å². The first-order valence-electron chi connectivity index (χ1n) is 4.24. The van der Waals surface area contributed by atoms with E-state index in [1.54, 1.807) is 0 Å². The number of carboxylic acids is 1. The lowest BCUT2D eigenvalue weighted by Crippen LogP contribution is -2.23. The van der Waals surface area contributed by atoms with Gasteiger partial charge in [0.15, 0.2) is 6.10 Å². The zero-order valence-electron chi connectivity index (χ0n) is 8.25. The summed E-state index contributed by atoms with van der Waals surface area (Å²) < 4.78 is 39.8. The predicted molar refractivity (Wildman–Crippen MR) is 51.8 cm³/mol. The van der Waals surface area contributed by atoms with Crippen LogP contribution in [0.25, 0.3) is 0 Å². The zero-order valence-corrected chi connectivity index (χ0v) is 9.07. The van der Waals surface area contributed by atoms with Crippen molar-refractivity contribution in [2.75, 3.05) is 0 Å². The van der Waals surface area contributed by atoms with Crippen molar-refractivity contribution < 1.29 is 26.9 Å². The molecule has 0 saturated heterocycles. The molecular weight excluding hydrogens is 239 g/mol. The van der Waals surface area contributed by atoms with E-state index in [0.29, 0.717) is 0 Å². The van der Waals surface area contributed by atoms with Crippen LogP contribution in [-0.4, -0.2) is 25.6 Å². The minimum absolute atomic E-state index is 0.290. The van der Waals surface area contributed by atoms with Gasteiger partial charge in [-0.2, -0.15) is 8.42 Å². The first kappa shape index (κ1) is 12.6. The molecule has 1 atom stereocenters. The molecule has 0 saturated carbocycles. The van der Waals surface area contributed by atoms with Gasteiger partial charge in [0.05, 0.1) is 4.90 Å². The molecule has 0 aliphatic rings. The van der Waals surface area contributed by atoms with Crippen molar-refractivity contribution in [1.29, 1.82) is 0 Å². The molecule has 88 valence electrons. The summed E-state index contributed by atoms with van der Waals surface area (Å²) in [6.45, 7) is 1.09. The lowest BCUT2D eigenvalue weighted by atomic mass is 10.4. The van der Waals surface area contributed by atoms with Crippen LogP contribution in [0.15, 0.2) is 29.2 Å². The molecule has 0 spiro atoms. The van der Waals surface area contributed by atoms with Gasteiger partial charge in [0.25, 0.3) is 10.1 Å². The Morgan fingerprint density at radius 1 is 1.38 bits per heavy atom. The number of rotatable bonds is 4. The molecule has 0 bridgehead atoms. The molecule has 0 aromatic heterocycles. The minimum atomic E-state index is -4.17. The second kappa shape index (κ2) is 4.58. The molecule has 1 N–H and O–H groups in total. The predicted octanol–water partition coefficient (Wildman–Crippen LogP) is 1.00. The lowest BCUT2D eigenvalue weighted by Gasteiger charge is -2.08. The molecule has 1 rings (SSSR count). The van der Waals surface area contributed by atoms with Crippen LogP contribution in [-0.2, 0) is 19.1 Å². The first-order valence-corrected chi connectivity index (χ1v) is 5.65. The molecule has 0 unspecified atom stereocenters. The molecule has 0 radical (unpaired) electrons. The Balaban J connectivity index is 2.94. The molecule has 1 aromatic rings. The van der Waals surface area contributed by atoms with Gasteiger partial charge in [0, 0.05) is 0 Å². The molecule has 0 aliphatic heterocycles. The molecule has 0 aliphatic carbocycles. The first-order chi connectivity index (χ1) is 7.33. The van der Waals surface area contributed by atoms with Crippen molar-refractivity contribution in [2.45, 2.75) is 17.9 Å². The van der Waals surface area contributed by atoms with E-state index < -0.39 is 28.0 Å². The van der Waals surface area contributed by atoms with Crippen LogP contribution in [0.3, 0.4) is 0 Å². The van der Waals surface area contributed by atoms with Crippen LogP contribution in [0.2, 0.25) is 0 Å². The van der Waals surface area contributed by atoms with Gasteiger partial charge < -0.3 is 5.11 Å². The van der Waals surface area contributed by atoms with Crippen molar-refractivity contribution in [2.24, 2.45) is 0 Å². The standard InChI is InChI=1S/C9H9FO5S/c1-6(9(11)12)15-16(13,14)8-4-2-7(10)3-5-8/h2-6H,1H3,(H,11,12)/t6-/m0/s1. The highest BCUT2D eigenvalue weighted by Gasteiger charge is 2.23. The topological polar surface area (TPSA) is 80.7 Å². The normalized spacial score (nSPS) is 13.4. The maximum atomic E-state index is 12.5. The number of benzene rings is 1. The number of aliphatic carboxylic acids is 1. The summed E-state index contributed by atoms with van der Waals surface area (Å²) in [6.07, 6.45) is -1.49. The van der Waals surface area contributed by atoms with Crippen LogP contribution in [0.1, 0.15) is 6.92 Å². The SMILES string of the molecule is C[C@H](OS(=O)(=O)c1ccc(F)cc1)C(=O)O. The molecule has 1 aromatic carbocycles. The highest BCUT2D eigenvalue weighted by Crippen LogP contribution is 2.14. The average Bonchev–Trinajstić information content (AvgIpc) is 2.17. The molecular formula is C9H9FO5S. The third kappa shape index (κ3) is 3.01. The monoisotopic (exact) mass is 248 g/mol. The van der Waals surface area contributed by atoms with E-state index in [4.69, 9.17) is 5.11 Å². The highest BCUT2D eigenvalue weighted by molar-refractivity contribution is 7.86. The highest BCUT2D eigenvalue weighted by atomic mass is 32.2. The minimum Gasteiger partial charge on any atom is -0.479 e. The lowest BCUT2D eigenvalue weighted by molar-refractivity contribution is -0.144. The Bertz CT molecular complexity index is 479. The third-order valence-electron chi connectivity index (χ3n) is 1.72. The second-order valence-corrected chi connectivity index (χ2v) is 4.56. The van der Waals surface area contributed by atoms with Crippen LogP contribution < -0.4 is 0 Å². The number of halogens is 1.